The Balaban J connectivity index is 2.33. The average Bonchev–Trinajstić information content (AvgIpc) is 3.04. The summed E-state index contributed by atoms with van der Waals surface area (Å²) in [6.45, 7) is 0.219. The van der Waals surface area contributed by atoms with Crippen molar-refractivity contribution in [3.8, 4) is 0 Å². The summed E-state index contributed by atoms with van der Waals surface area (Å²) in [6.07, 6.45) is 1.09. The van der Waals surface area contributed by atoms with Crippen LogP contribution in [0.25, 0.3) is 0 Å². The second kappa shape index (κ2) is 6.29. The molecule has 1 fully saturated rings. The number of hydrogen-bond acceptors (Lipinski definition) is 3. The van der Waals surface area contributed by atoms with E-state index in [0.29, 0.717) is 18.8 Å². The van der Waals surface area contributed by atoms with E-state index in [1.165, 1.54) is 0 Å². The molecule has 6 N–H and O–H groups in total. The van der Waals surface area contributed by atoms with E-state index in [-0.39, 0.29) is 18.6 Å². The van der Waals surface area contributed by atoms with E-state index in [0.717, 1.165) is 12.8 Å². The Kier molecular flexibility index (Phi) is 5.02. The fourth-order valence-electron chi connectivity index (χ4n) is 1.89. The first-order chi connectivity index (χ1) is 8.02. The van der Waals surface area contributed by atoms with Crippen LogP contribution >= 0.6 is 0 Å². The lowest BCUT2D eigenvalue weighted by atomic mass is 10.0. The van der Waals surface area contributed by atoms with Crippen LogP contribution in [0.15, 0.2) is 0 Å². The summed E-state index contributed by atoms with van der Waals surface area (Å²) < 4.78 is 0. The number of carbonyl (C=O) groups is 2. The van der Waals surface area contributed by atoms with Crippen LogP contribution in [0.1, 0.15) is 25.7 Å². The summed E-state index contributed by atoms with van der Waals surface area (Å²) in [6, 6.07) is -0.401. The van der Waals surface area contributed by atoms with Crippen molar-refractivity contribution < 1.29 is 19.8 Å². The van der Waals surface area contributed by atoms with Crippen molar-refractivity contribution in [3.05, 3.63) is 0 Å². The minimum absolute atomic E-state index is 0.0860. The molecule has 1 aliphatic rings. The molecule has 7 heteroatoms. The third-order valence-electron chi connectivity index (χ3n) is 2.94. The highest BCUT2D eigenvalue weighted by Gasteiger charge is 2.32. The highest BCUT2D eigenvalue weighted by atomic mass is 16.4. The van der Waals surface area contributed by atoms with Gasteiger partial charge in [-0.25, -0.2) is 9.59 Å². The maximum atomic E-state index is 10.6. The molecule has 1 unspecified atom stereocenters. The summed E-state index contributed by atoms with van der Waals surface area (Å²) in [5, 5.41) is 22.0. The van der Waals surface area contributed by atoms with Crippen LogP contribution in [0, 0.1) is 5.92 Å². The highest BCUT2D eigenvalue weighted by Crippen LogP contribution is 2.34. The van der Waals surface area contributed by atoms with Gasteiger partial charge in [-0.15, -0.1) is 0 Å². The third kappa shape index (κ3) is 5.39. The Morgan fingerprint density at radius 1 is 1.18 bits per heavy atom. The van der Waals surface area contributed by atoms with Crippen LogP contribution in [0.3, 0.4) is 0 Å². The smallest absolute Gasteiger partial charge is 0.404 e. The quantitative estimate of drug-likeness (QED) is 0.444. The summed E-state index contributed by atoms with van der Waals surface area (Å²) in [5.41, 5.74) is 5.44. The van der Waals surface area contributed by atoms with Crippen LogP contribution in [-0.4, -0.2) is 41.0 Å². The van der Waals surface area contributed by atoms with E-state index >= 15 is 0 Å². The van der Waals surface area contributed by atoms with Gasteiger partial charge >= 0.3 is 12.2 Å². The van der Waals surface area contributed by atoms with Gasteiger partial charge < -0.3 is 26.6 Å². The molecule has 1 rings (SSSR count). The van der Waals surface area contributed by atoms with E-state index in [1.807, 2.05) is 0 Å². The standard InChI is InChI=1S/C10H19N3O4/c11-5-7(12-9(14)15)3-4-8(6-1-2-6)13-10(16)17/h6-8,12-13H,1-5,11H2,(H,14,15)(H,16,17)/t7-,8?/m0/s1. The van der Waals surface area contributed by atoms with Gasteiger partial charge in [0.25, 0.3) is 0 Å². The van der Waals surface area contributed by atoms with Gasteiger partial charge in [0.15, 0.2) is 0 Å². The summed E-state index contributed by atoms with van der Waals surface area (Å²) >= 11 is 0. The van der Waals surface area contributed by atoms with Crippen molar-refractivity contribution in [2.24, 2.45) is 11.7 Å². The minimum Gasteiger partial charge on any atom is -0.465 e. The molecule has 0 aromatic heterocycles. The largest absolute Gasteiger partial charge is 0.465 e. The monoisotopic (exact) mass is 245 g/mol. The maximum Gasteiger partial charge on any atom is 0.404 e. The van der Waals surface area contributed by atoms with Gasteiger partial charge in [0.2, 0.25) is 0 Å². The third-order valence-corrected chi connectivity index (χ3v) is 2.94. The Bertz CT molecular complexity index is 281. The molecule has 98 valence electrons. The maximum absolute atomic E-state index is 10.6. The summed E-state index contributed by atoms with van der Waals surface area (Å²) in [5.74, 6) is 0.398. The van der Waals surface area contributed by atoms with Crippen LogP contribution < -0.4 is 16.4 Å². The van der Waals surface area contributed by atoms with Crippen molar-refractivity contribution in [1.82, 2.24) is 10.6 Å². The molecule has 0 aromatic carbocycles. The number of hydrogen-bond donors (Lipinski definition) is 5. The SMILES string of the molecule is NC[C@H](CCC(NC(=O)O)C1CC1)NC(=O)O. The Morgan fingerprint density at radius 3 is 2.18 bits per heavy atom. The highest BCUT2D eigenvalue weighted by molar-refractivity contribution is 5.65. The average molecular weight is 245 g/mol. The molecule has 2 atom stereocenters. The molecule has 0 aromatic rings. The molecule has 0 radical (unpaired) electrons. The van der Waals surface area contributed by atoms with Gasteiger partial charge in [0.05, 0.1) is 0 Å². The first kappa shape index (κ1) is 13.6. The first-order valence-electron chi connectivity index (χ1n) is 5.72. The van der Waals surface area contributed by atoms with Crippen LogP contribution in [0.5, 0.6) is 0 Å². The fourth-order valence-corrected chi connectivity index (χ4v) is 1.89. The van der Waals surface area contributed by atoms with Gasteiger partial charge in [-0.05, 0) is 31.6 Å². The van der Waals surface area contributed by atoms with Crippen LogP contribution in [0.2, 0.25) is 0 Å². The van der Waals surface area contributed by atoms with E-state index < -0.39 is 12.2 Å². The van der Waals surface area contributed by atoms with E-state index in [4.69, 9.17) is 15.9 Å². The zero-order valence-corrected chi connectivity index (χ0v) is 9.56. The lowest BCUT2D eigenvalue weighted by Gasteiger charge is -2.20. The second-order valence-corrected chi connectivity index (χ2v) is 4.35. The predicted octanol–water partition coefficient (Wildman–Crippen LogP) is 0.408. The molecule has 17 heavy (non-hydrogen) atoms. The molecule has 1 saturated carbocycles. The van der Waals surface area contributed by atoms with Gasteiger partial charge in [0, 0.05) is 18.6 Å². The molecule has 2 amide bonds. The number of carboxylic acid groups (broad SMARTS) is 2. The van der Waals surface area contributed by atoms with Gasteiger partial charge in [-0.3, -0.25) is 0 Å². The molecule has 0 heterocycles. The lowest BCUT2D eigenvalue weighted by Crippen LogP contribution is -2.42. The van der Waals surface area contributed by atoms with E-state index in [2.05, 4.69) is 10.6 Å². The molecular weight excluding hydrogens is 226 g/mol. The van der Waals surface area contributed by atoms with Crippen molar-refractivity contribution in [3.63, 3.8) is 0 Å². The van der Waals surface area contributed by atoms with Gasteiger partial charge in [0.1, 0.15) is 0 Å². The predicted molar refractivity (Wildman–Crippen MR) is 60.9 cm³/mol. The van der Waals surface area contributed by atoms with Crippen LogP contribution in [-0.2, 0) is 0 Å². The number of rotatable bonds is 7. The van der Waals surface area contributed by atoms with Crippen molar-refractivity contribution in [2.75, 3.05) is 6.54 Å². The Morgan fingerprint density at radius 2 is 1.76 bits per heavy atom. The molecule has 1 aliphatic carbocycles. The number of amides is 2. The molecule has 0 saturated heterocycles. The molecule has 7 nitrogen and oxygen atoms in total. The van der Waals surface area contributed by atoms with Crippen LogP contribution in [0.4, 0.5) is 9.59 Å². The van der Waals surface area contributed by atoms with Crippen molar-refractivity contribution in [1.29, 1.82) is 0 Å². The molecular formula is C10H19N3O4. The van der Waals surface area contributed by atoms with E-state index in [1.54, 1.807) is 0 Å². The van der Waals surface area contributed by atoms with Crippen molar-refractivity contribution in [2.45, 2.75) is 37.8 Å². The number of nitrogens with two attached hydrogens (primary N) is 1. The summed E-state index contributed by atoms with van der Waals surface area (Å²) in [7, 11) is 0. The Labute approximate surface area is 99.4 Å². The topological polar surface area (TPSA) is 125 Å². The van der Waals surface area contributed by atoms with Gasteiger partial charge in [-0.1, -0.05) is 0 Å². The molecule has 0 spiro atoms. The van der Waals surface area contributed by atoms with Gasteiger partial charge in [-0.2, -0.15) is 0 Å². The zero-order chi connectivity index (χ0) is 12.8. The Hall–Kier alpha value is -1.50. The minimum atomic E-state index is -1.10. The second-order valence-electron chi connectivity index (χ2n) is 4.35. The zero-order valence-electron chi connectivity index (χ0n) is 9.56. The fraction of sp³-hybridized carbons (Fsp3) is 0.800. The first-order valence-corrected chi connectivity index (χ1v) is 5.72. The summed E-state index contributed by atoms with van der Waals surface area (Å²) in [4.78, 5) is 21.0. The van der Waals surface area contributed by atoms with Crippen molar-refractivity contribution >= 4 is 12.2 Å². The number of nitrogens with one attached hydrogen (secondary N) is 2. The van der Waals surface area contributed by atoms with E-state index in [9.17, 15) is 9.59 Å². The normalized spacial score (nSPS) is 18.2. The molecule has 0 aliphatic heterocycles. The molecule has 0 bridgehead atoms. The lowest BCUT2D eigenvalue weighted by molar-refractivity contribution is 0.182.